The van der Waals surface area contributed by atoms with Crippen LogP contribution in [0.4, 0.5) is 0 Å². The van der Waals surface area contributed by atoms with Crippen molar-refractivity contribution in [3.63, 3.8) is 0 Å². The highest BCUT2D eigenvalue weighted by Crippen LogP contribution is 2.11. The third-order valence-electron chi connectivity index (χ3n) is 3.98. The Hall–Kier alpha value is -2.33. The van der Waals surface area contributed by atoms with Crippen LogP contribution < -0.4 is 10.1 Å². The Kier molecular flexibility index (Phi) is 6.82. The molecule has 4 nitrogen and oxygen atoms in total. The van der Waals surface area contributed by atoms with Crippen LogP contribution in [0.2, 0.25) is 0 Å². The van der Waals surface area contributed by atoms with Crippen molar-refractivity contribution >= 4 is 5.91 Å². The standard InChI is InChI=1S/C20H26N2O2/c1-16(24-19-12-8-5-9-13-19)20(23)21-15-18(22(2)3)14-17-10-6-4-7-11-17/h4-13,16,18H,14-15H2,1-3H3,(H,21,23). The van der Waals surface area contributed by atoms with E-state index in [0.29, 0.717) is 12.3 Å². The smallest absolute Gasteiger partial charge is 0.260 e. The first-order chi connectivity index (χ1) is 11.6. The topological polar surface area (TPSA) is 41.6 Å². The maximum Gasteiger partial charge on any atom is 0.260 e. The van der Waals surface area contributed by atoms with Gasteiger partial charge in [0.15, 0.2) is 6.10 Å². The Labute approximate surface area is 144 Å². The van der Waals surface area contributed by atoms with Crippen LogP contribution in [0.15, 0.2) is 60.7 Å². The van der Waals surface area contributed by atoms with Crippen molar-refractivity contribution in [3.05, 3.63) is 66.2 Å². The number of carbonyl (C=O) groups excluding carboxylic acids is 1. The van der Waals surface area contributed by atoms with E-state index in [1.54, 1.807) is 6.92 Å². The van der Waals surface area contributed by atoms with Crippen molar-refractivity contribution in [2.75, 3.05) is 20.6 Å². The molecule has 1 amide bonds. The maximum atomic E-state index is 12.3. The molecule has 0 aromatic heterocycles. The van der Waals surface area contributed by atoms with Crippen molar-refractivity contribution in [1.29, 1.82) is 0 Å². The summed E-state index contributed by atoms with van der Waals surface area (Å²) in [5.41, 5.74) is 1.26. The zero-order valence-electron chi connectivity index (χ0n) is 14.6. The highest BCUT2D eigenvalue weighted by atomic mass is 16.5. The Morgan fingerprint density at radius 1 is 1.04 bits per heavy atom. The van der Waals surface area contributed by atoms with Crippen molar-refractivity contribution in [2.24, 2.45) is 0 Å². The van der Waals surface area contributed by atoms with E-state index in [4.69, 9.17) is 4.74 Å². The van der Waals surface area contributed by atoms with Crippen LogP contribution in [0, 0.1) is 0 Å². The molecule has 2 aromatic carbocycles. The molecule has 2 unspecified atom stereocenters. The zero-order valence-corrected chi connectivity index (χ0v) is 14.6. The van der Waals surface area contributed by atoms with Crippen molar-refractivity contribution in [1.82, 2.24) is 10.2 Å². The molecule has 0 saturated heterocycles. The van der Waals surface area contributed by atoms with Crippen LogP contribution in [0.1, 0.15) is 12.5 Å². The van der Waals surface area contributed by atoms with Gasteiger partial charge in [0.1, 0.15) is 5.75 Å². The number of amides is 1. The summed E-state index contributed by atoms with van der Waals surface area (Å²) < 4.78 is 5.66. The first-order valence-corrected chi connectivity index (χ1v) is 8.26. The molecule has 0 saturated carbocycles. The normalized spacial score (nSPS) is 13.3. The zero-order chi connectivity index (χ0) is 17.4. The van der Waals surface area contributed by atoms with E-state index in [0.717, 1.165) is 6.42 Å². The van der Waals surface area contributed by atoms with E-state index >= 15 is 0 Å². The largest absolute Gasteiger partial charge is 0.481 e. The Morgan fingerprint density at radius 2 is 1.62 bits per heavy atom. The fourth-order valence-electron chi connectivity index (χ4n) is 2.44. The van der Waals surface area contributed by atoms with Crippen molar-refractivity contribution in [2.45, 2.75) is 25.5 Å². The lowest BCUT2D eigenvalue weighted by atomic mass is 10.1. The van der Waals surface area contributed by atoms with Crippen LogP contribution >= 0.6 is 0 Å². The number of hydrogen-bond donors (Lipinski definition) is 1. The van der Waals surface area contributed by atoms with E-state index in [9.17, 15) is 4.79 Å². The minimum Gasteiger partial charge on any atom is -0.481 e. The van der Waals surface area contributed by atoms with Crippen molar-refractivity contribution < 1.29 is 9.53 Å². The summed E-state index contributed by atoms with van der Waals surface area (Å²) in [4.78, 5) is 14.4. The summed E-state index contributed by atoms with van der Waals surface area (Å²) in [7, 11) is 4.06. The molecule has 0 heterocycles. The molecular weight excluding hydrogens is 300 g/mol. The molecule has 0 aliphatic rings. The van der Waals surface area contributed by atoms with Crippen LogP contribution in [-0.2, 0) is 11.2 Å². The molecule has 128 valence electrons. The molecule has 2 aromatic rings. The Bertz CT molecular complexity index is 614. The second-order valence-corrected chi connectivity index (χ2v) is 6.13. The first kappa shape index (κ1) is 18.0. The number of hydrogen-bond acceptors (Lipinski definition) is 3. The van der Waals surface area contributed by atoms with Gasteiger partial charge in [-0.25, -0.2) is 0 Å². The van der Waals surface area contributed by atoms with Gasteiger partial charge in [-0.1, -0.05) is 48.5 Å². The summed E-state index contributed by atoms with van der Waals surface area (Å²) in [6, 6.07) is 19.9. The molecule has 0 fully saturated rings. The van der Waals surface area contributed by atoms with Crippen LogP contribution in [0.25, 0.3) is 0 Å². The van der Waals surface area contributed by atoms with Gasteiger partial charge in [0.05, 0.1) is 0 Å². The van der Waals surface area contributed by atoms with Crippen LogP contribution in [-0.4, -0.2) is 43.6 Å². The Morgan fingerprint density at radius 3 is 2.21 bits per heavy atom. The third kappa shape index (κ3) is 5.70. The summed E-state index contributed by atoms with van der Waals surface area (Å²) in [6.07, 6.45) is 0.370. The second kappa shape index (κ2) is 9.08. The maximum absolute atomic E-state index is 12.3. The summed E-state index contributed by atoms with van der Waals surface area (Å²) in [6.45, 7) is 2.35. The molecule has 1 N–H and O–H groups in total. The average molecular weight is 326 g/mol. The van der Waals surface area contributed by atoms with E-state index in [1.807, 2.05) is 62.6 Å². The number of para-hydroxylation sites is 1. The highest BCUT2D eigenvalue weighted by molar-refractivity contribution is 5.80. The first-order valence-electron chi connectivity index (χ1n) is 8.26. The second-order valence-electron chi connectivity index (χ2n) is 6.13. The van der Waals surface area contributed by atoms with Gasteiger partial charge in [0, 0.05) is 12.6 Å². The lowest BCUT2D eigenvalue weighted by molar-refractivity contribution is -0.127. The molecular formula is C20H26N2O2. The predicted molar refractivity (Wildman–Crippen MR) is 97.2 cm³/mol. The lowest BCUT2D eigenvalue weighted by Crippen LogP contribution is -2.45. The summed E-state index contributed by atoms with van der Waals surface area (Å²) in [5.74, 6) is 0.604. The van der Waals surface area contributed by atoms with Gasteiger partial charge >= 0.3 is 0 Å². The number of nitrogens with one attached hydrogen (secondary N) is 1. The SMILES string of the molecule is CC(Oc1ccccc1)C(=O)NCC(Cc1ccccc1)N(C)C. The van der Waals surface area contributed by atoms with Gasteiger partial charge < -0.3 is 15.0 Å². The number of likely N-dealkylation sites (N-methyl/N-ethyl adjacent to an activating group) is 1. The molecule has 0 aliphatic heterocycles. The van der Waals surface area contributed by atoms with Gasteiger partial charge in [0.2, 0.25) is 0 Å². The van der Waals surface area contributed by atoms with Gasteiger partial charge in [-0.3, -0.25) is 4.79 Å². The number of carbonyl (C=O) groups is 1. The molecule has 2 rings (SSSR count). The Balaban J connectivity index is 1.85. The minimum absolute atomic E-state index is 0.0984. The van der Waals surface area contributed by atoms with Gasteiger partial charge in [0.25, 0.3) is 5.91 Å². The average Bonchev–Trinajstić information content (AvgIpc) is 2.59. The summed E-state index contributed by atoms with van der Waals surface area (Å²) >= 11 is 0. The number of nitrogens with zero attached hydrogens (tertiary/aromatic N) is 1. The quantitative estimate of drug-likeness (QED) is 0.811. The van der Waals surface area contributed by atoms with Crippen LogP contribution in [0.3, 0.4) is 0 Å². The molecule has 0 radical (unpaired) electrons. The van der Waals surface area contributed by atoms with E-state index in [-0.39, 0.29) is 11.9 Å². The van der Waals surface area contributed by atoms with Gasteiger partial charge in [-0.2, -0.15) is 0 Å². The van der Waals surface area contributed by atoms with E-state index in [1.165, 1.54) is 5.56 Å². The fourth-order valence-corrected chi connectivity index (χ4v) is 2.44. The molecule has 0 bridgehead atoms. The third-order valence-corrected chi connectivity index (χ3v) is 3.98. The fraction of sp³-hybridized carbons (Fsp3) is 0.350. The lowest BCUT2D eigenvalue weighted by Gasteiger charge is -2.25. The predicted octanol–water partition coefficient (Wildman–Crippen LogP) is 2.74. The highest BCUT2D eigenvalue weighted by Gasteiger charge is 2.18. The van der Waals surface area contributed by atoms with E-state index < -0.39 is 6.10 Å². The molecule has 4 heteroatoms. The van der Waals surface area contributed by atoms with Gasteiger partial charge in [-0.15, -0.1) is 0 Å². The number of rotatable bonds is 8. The van der Waals surface area contributed by atoms with Crippen LogP contribution in [0.5, 0.6) is 5.75 Å². The molecule has 0 aliphatic carbocycles. The van der Waals surface area contributed by atoms with Gasteiger partial charge in [-0.05, 0) is 45.1 Å². The summed E-state index contributed by atoms with van der Waals surface area (Å²) in [5, 5.41) is 3.00. The molecule has 2 atom stereocenters. The molecule has 24 heavy (non-hydrogen) atoms. The van der Waals surface area contributed by atoms with Crippen molar-refractivity contribution in [3.8, 4) is 5.75 Å². The number of benzene rings is 2. The monoisotopic (exact) mass is 326 g/mol. The van der Waals surface area contributed by atoms with E-state index in [2.05, 4.69) is 22.3 Å². The molecule has 0 spiro atoms. The number of ether oxygens (including phenoxy) is 1. The minimum atomic E-state index is -0.521.